The van der Waals surface area contributed by atoms with Gasteiger partial charge in [-0.2, -0.15) is 0 Å². The lowest BCUT2D eigenvalue weighted by atomic mass is 10.1. The van der Waals surface area contributed by atoms with Crippen LogP contribution in [0.3, 0.4) is 0 Å². The Kier molecular flexibility index (Phi) is 68.0. The smallest absolute Gasteiger partial charge is 0.234 e. The van der Waals surface area contributed by atoms with Gasteiger partial charge in [0.25, 0.3) is 0 Å². The molecule has 0 aromatic carbocycles. The lowest BCUT2D eigenvalue weighted by Gasteiger charge is -2.29. The highest BCUT2D eigenvalue weighted by molar-refractivity contribution is 5.82. The van der Waals surface area contributed by atoms with E-state index in [0.717, 1.165) is 57.8 Å². The highest BCUT2D eigenvalue weighted by atomic mass is 16.6. The maximum Gasteiger partial charge on any atom is 0.234 e. The summed E-state index contributed by atoms with van der Waals surface area (Å²) in [5.74, 6) is -1.07. The van der Waals surface area contributed by atoms with Gasteiger partial charge in [-0.3, -0.25) is 38.7 Å². The summed E-state index contributed by atoms with van der Waals surface area (Å²) < 4.78 is 50.2. The second-order valence-electron chi connectivity index (χ2n) is 22.4. The predicted octanol–water partition coefficient (Wildman–Crippen LogP) is 3.12. The molecule has 0 aliphatic carbocycles. The van der Waals surface area contributed by atoms with E-state index in [2.05, 4.69) is 40.4 Å². The zero-order valence-corrected chi connectivity index (χ0v) is 56.1. The first-order valence-corrected chi connectivity index (χ1v) is 34.5. The van der Waals surface area contributed by atoms with Gasteiger partial charge in [0.2, 0.25) is 29.5 Å². The molecule has 0 saturated heterocycles. The van der Waals surface area contributed by atoms with E-state index in [1.165, 1.54) is 64.2 Å². The van der Waals surface area contributed by atoms with E-state index in [1.54, 1.807) is 9.80 Å². The highest BCUT2D eigenvalue weighted by Gasteiger charge is 2.21. The van der Waals surface area contributed by atoms with Crippen LogP contribution in [0.4, 0.5) is 0 Å². The van der Waals surface area contributed by atoms with Crippen molar-refractivity contribution in [1.82, 2.24) is 41.3 Å². The molecule has 0 heterocycles. The summed E-state index contributed by atoms with van der Waals surface area (Å²) >= 11 is 0. The third kappa shape index (κ3) is 66.0. The topological polar surface area (TPSA) is 316 Å². The molecule has 0 spiro atoms. The number of amides is 5. The monoisotopic (exact) mass is 1280 g/mol. The number of unbranched alkanes of at least 4 members (excludes halogenated alkanes) is 14. The minimum absolute atomic E-state index is 0.00136. The molecular weight excluding hydrogens is 1150 g/mol. The van der Waals surface area contributed by atoms with Crippen LogP contribution in [0.5, 0.6) is 0 Å². The normalized spacial score (nSPS) is 11.6. The molecule has 0 fully saturated rings. The summed E-state index contributed by atoms with van der Waals surface area (Å²) in [4.78, 5) is 73.4. The number of nitrogens with two attached hydrogens (primary N) is 3. The molecule has 89 heavy (non-hydrogen) atoms. The maximum absolute atomic E-state index is 13.7. The Bertz CT molecular complexity index is 1480. The van der Waals surface area contributed by atoms with Crippen molar-refractivity contribution in [3.05, 3.63) is 0 Å². The van der Waals surface area contributed by atoms with Crippen molar-refractivity contribution >= 4 is 29.5 Å². The van der Waals surface area contributed by atoms with Gasteiger partial charge < -0.3 is 86.4 Å². The zero-order valence-electron chi connectivity index (χ0n) is 56.1. The molecule has 25 heteroatoms. The second-order valence-corrected chi connectivity index (χ2v) is 22.4. The number of hydrogen-bond donors (Lipinski definition) is 8. The third-order valence-electron chi connectivity index (χ3n) is 14.1. The first kappa shape index (κ1) is 85.8. The Morgan fingerprint density at radius 3 is 0.685 bits per heavy atom. The molecular formula is C64H131N11O14. The Morgan fingerprint density at radius 1 is 0.247 bits per heavy atom. The van der Waals surface area contributed by atoms with Crippen molar-refractivity contribution < 1.29 is 66.6 Å². The molecule has 0 aliphatic rings. The van der Waals surface area contributed by atoms with Gasteiger partial charge in [-0.05, 0) is 71.0 Å². The number of carbonyl (C=O) groups is 5. The number of carbonyl (C=O) groups excluding carboxylic acids is 5. The molecule has 0 aromatic rings. The van der Waals surface area contributed by atoms with Gasteiger partial charge in [0, 0.05) is 98.5 Å². The number of rotatable bonds is 73. The molecule has 25 nitrogen and oxygen atoms in total. The predicted molar refractivity (Wildman–Crippen MR) is 352 cm³/mol. The van der Waals surface area contributed by atoms with Crippen LogP contribution in [-0.4, -0.2) is 274 Å². The average Bonchev–Trinajstić information content (AvgIpc) is 3.68. The molecule has 526 valence electrons. The van der Waals surface area contributed by atoms with E-state index in [-0.39, 0.29) is 75.3 Å². The molecule has 5 amide bonds. The molecule has 11 N–H and O–H groups in total. The summed E-state index contributed by atoms with van der Waals surface area (Å²) in [5, 5.41) is 15.1. The number of nitrogens with zero attached hydrogens (tertiary/aromatic N) is 3. The van der Waals surface area contributed by atoms with Crippen LogP contribution in [0.25, 0.3) is 0 Å². The van der Waals surface area contributed by atoms with Gasteiger partial charge in [0.05, 0.1) is 112 Å². The van der Waals surface area contributed by atoms with Crippen molar-refractivity contribution in [2.24, 2.45) is 17.2 Å². The summed E-state index contributed by atoms with van der Waals surface area (Å²) in [6.45, 7) is 18.1. The van der Waals surface area contributed by atoms with Crippen LogP contribution < -0.4 is 43.8 Å². The average molecular weight is 1280 g/mol. The van der Waals surface area contributed by atoms with Gasteiger partial charge in [0.15, 0.2) is 0 Å². The Labute approximate surface area is 538 Å². The molecule has 0 bridgehead atoms. The minimum atomic E-state index is -0.240. The molecule has 0 radical (unpaired) electrons. The Balaban J connectivity index is 6.04. The fourth-order valence-corrected chi connectivity index (χ4v) is 8.92. The fraction of sp³-hybridized carbons (Fsp3) is 0.922. The van der Waals surface area contributed by atoms with E-state index < -0.39 is 0 Å². The van der Waals surface area contributed by atoms with E-state index in [0.29, 0.717) is 204 Å². The lowest BCUT2D eigenvalue weighted by molar-refractivity contribution is -0.126. The molecule has 0 saturated carbocycles. The number of ether oxygens (including phenoxy) is 9. The number of hydrogen-bond acceptors (Lipinski definition) is 20. The van der Waals surface area contributed by atoms with E-state index >= 15 is 0 Å². The van der Waals surface area contributed by atoms with Crippen LogP contribution in [0.1, 0.15) is 155 Å². The van der Waals surface area contributed by atoms with E-state index in [9.17, 15) is 24.0 Å². The van der Waals surface area contributed by atoms with Crippen molar-refractivity contribution in [2.75, 3.05) is 230 Å². The third-order valence-corrected chi connectivity index (χ3v) is 14.1. The van der Waals surface area contributed by atoms with E-state index in [4.69, 9.17) is 59.8 Å². The van der Waals surface area contributed by atoms with Crippen LogP contribution in [-0.2, 0) is 66.6 Å². The lowest BCUT2D eigenvalue weighted by Crippen LogP contribution is -2.50. The quantitative estimate of drug-likeness (QED) is 0.0406. The Morgan fingerprint density at radius 2 is 0.438 bits per heavy atom. The maximum atomic E-state index is 13.7. The summed E-state index contributed by atoms with van der Waals surface area (Å²) in [6, 6.07) is 0. The molecule has 0 atom stereocenters. The first-order valence-electron chi connectivity index (χ1n) is 34.5. The minimum Gasteiger partial charge on any atom is -0.379 e. The van der Waals surface area contributed by atoms with Crippen molar-refractivity contribution in [2.45, 2.75) is 155 Å². The SMILES string of the molecule is CCCCCCCCCCNC(=O)CN(CCN(CCN(CC(=O)NCCCCCCCCCC)CC(=O)NCCCOCCOCCOCCCN)CC(=O)NCCCOCCOCCOCCCN)CC(=O)NCCCOCCOCCOCCCN. The second kappa shape index (κ2) is 70.6. The van der Waals surface area contributed by atoms with Gasteiger partial charge >= 0.3 is 0 Å². The first-order chi connectivity index (χ1) is 43.7. The van der Waals surface area contributed by atoms with Crippen molar-refractivity contribution in [3.63, 3.8) is 0 Å². The van der Waals surface area contributed by atoms with Crippen LogP contribution in [0.2, 0.25) is 0 Å². The Hall–Kier alpha value is -3.25. The van der Waals surface area contributed by atoms with Gasteiger partial charge in [-0.15, -0.1) is 0 Å². The standard InChI is InChI=1S/C64H131N11O14/c1-3-5-7-9-11-13-15-17-28-68-61(77)56-74(58-63(79)71-31-23-41-85-47-53-88-50-44-82-38-20-26-66)35-33-73(55-60(76)70-30-22-40-84-46-52-87-49-43-81-37-19-25-65)34-36-75(57-62(78)69-29-18-16-14-12-10-8-6-4-2)59-64(80)72-32-24-42-86-48-54-89-51-45-83-39-21-27-67/h3-59,65-67H2,1-2H3,(H,68,77)(H,69,78)(H,70,76)(H,71,79)(H,72,80). The molecule has 0 aromatic heterocycles. The van der Waals surface area contributed by atoms with Crippen molar-refractivity contribution in [1.29, 1.82) is 0 Å². The van der Waals surface area contributed by atoms with Gasteiger partial charge in [0.1, 0.15) is 0 Å². The van der Waals surface area contributed by atoms with Crippen LogP contribution in [0.15, 0.2) is 0 Å². The molecule has 0 rings (SSSR count). The highest BCUT2D eigenvalue weighted by Crippen LogP contribution is 2.09. The van der Waals surface area contributed by atoms with Crippen LogP contribution in [0, 0.1) is 0 Å². The fourth-order valence-electron chi connectivity index (χ4n) is 8.92. The summed E-state index contributed by atoms with van der Waals surface area (Å²) in [6.07, 6.45) is 22.6. The largest absolute Gasteiger partial charge is 0.379 e. The molecule has 0 aliphatic heterocycles. The van der Waals surface area contributed by atoms with Gasteiger partial charge in [-0.25, -0.2) is 0 Å². The van der Waals surface area contributed by atoms with Crippen molar-refractivity contribution in [3.8, 4) is 0 Å². The van der Waals surface area contributed by atoms with Crippen LogP contribution >= 0.6 is 0 Å². The van der Waals surface area contributed by atoms with Gasteiger partial charge in [-0.1, -0.05) is 104 Å². The number of nitrogens with one attached hydrogen (secondary N) is 5. The molecule has 0 unspecified atom stereocenters. The zero-order chi connectivity index (χ0) is 64.8. The summed E-state index contributed by atoms with van der Waals surface area (Å²) in [7, 11) is 0. The van der Waals surface area contributed by atoms with E-state index in [1.807, 2.05) is 4.90 Å². The summed E-state index contributed by atoms with van der Waals surface area (Å²) in [5.41, 5.74) is 16.5.